The highest BCUT2D eigenvalue weighted by atomic mass is 16.5. The lowest BCUT2D eigenvalue weighted by Crippen LogP contribution is -2.34. The minimum absolute atomic E-state index is 0.248. The zero-order valence-electron chi connectivity index (χ0n) is 14.6. The molecule has 0 aliphatic rings. The van der Waals surface area contributed by atoms with Crippen molar-refractivity contribution in [1.82, 2.24) is 10.6 Å². The van der Waals surface area contributed by atoms with Crippen molar-refractivity contribution in [3.8, 4) is 11.5 Å². The van der Waals surface area contributed by atoms with Crippen LogP contribution in [0.1, 0.15) is 27.6 Å². The third kappa shape index (κ3) is 5.34. The van der Waals surface area contributed by atoms with E-state index < -0.39 is 5.97 Å². The van der Waals surface area contributed by atoms with E-state index in [9.17, 15) is 14.4 Å². The summed E-state index contributed by atoms with van der Waals surface area (Å²) in [5.74, 6) is -0.286. The van der Waals surface area contributed by atoms with Gasteiger partial charge in [-0.1, -0.05) is 18.2 Å². The zero-order chi connectivity index (χ0) is 18.9. The number of rotatable bonds is 7. The van der Waals surface area contributed by atoms with E-state index in [2.05, 4.69) is 10.6 Å². The molecule has 0 atom stereocenters. The van der Waals surface area contributed by atoms with Crippen molar-refractivity contribution in [2.24, 2.45) is 0 Å². The van der Waals surface area contributed by atoms with E-state index in [0.29, 0.717) is 22.6 Å². The van der Waals surface area contributed by atoms with Crippen LogP contribution in [0.3, 0.4) is 0 Å². The van der Waals surface area contributed by atoms with Crippen molar-refractivity contribution in [2.75, 3.05) is 20.2 Å². The number of hydrogen-bond donors (Lipinski definition) is 2. The molecule has 0 aromatic heterocycles. The van der Waals surface area contributed by atoms with Gasteiger partial charge in [-0.2, -0.15) is 0 Å². The molecule has 0 heterocycles. The zero-order valence-corrected chi connectivity index (χ0v) is 14.6. The molecule has 7 nitrogen and oxygen atoms in total. The van der Waals surface area contributed by atoms with E-state index in [1.807, 2.05) is 0 Å². The number of benzene rings is 2. The third-order valence-corrected chi connectivity index (χ3v) is 3.41. The topological polar surface area (TPSA) is 93.7 Å². The maximum atomic E-state index is 12.1. The Bertz CT molecular complexity index is 804. The van der Waals surface area contributed by atoms with Gasteiger partial charge in [0.1, 0.15) is 11.5 Å². The van der Waals surface area contributed by atoms with Gasteiger partial charge < -0.3 is 20.1 Å². The van der Waals surface area contributed by atoms with Gasteiger partial charge in [-0.25, -0.2) is 0 Å². The van der Waals surface area contributed by atoms with Crippen LogP contribution in [0.25, 0.3) is 0 Å². The number of ether oxygens (including phenoxy) is 2. The molecule has 0 fully saturated rings. The second-order valence-electron chi connectivity index (χ2n) is 5.33. The number of amides is 2. The third-order valence-electron chi connectivity index (χ3n) is 3.41. The largest absolute Gasteiger partial charge is 0.496 e. The Morgan fingerprint density at radius 1 is 0.923 bits per heavy atom. The molecule has 2 aromatic carbocycles. The fourth-order valence-corrected chi connectivity index (χ4v) is 2.25. The highest BCUT2D eigenvalue weighted by Gasteiger charge is 2.11. The van der Waals surface area contributed by atoms with E-state index in [1.165, 1.54) is 20.1 Å². The number of nitrogens with one attached hydrogen (secondary N) is 2. The van der Waals surface area contributed by atoms with Gasteiger partial charge in [-0.3, -0.25) is 14.4 Å². The van der Waals surface area contributed by atoms with Gasteiger partial charge in [0.15, 0.2) is 0 Å². The monoisotopic (exact) mass is 356 g/mol. The lowest BCUT2D eigenvalue weighted by molar-refractivity contribution is -0.131. The first-order valence-corrected chi connectivity index (χ1v) is 7.99. The van der Waals surface area contributed by atoms with E-state index >= 15 is 0 Å². The van der Waals surface area contributed by atoms with Crippen molar-refractivity contribution in [1.29, 1.82) is 0 Å². The second kappa shape index (κ2) is 9.22. The molecule has 2 amide bonds. The van der Waals surface area contributed by atoms with Crippen LogP contribution in [0, 0.1) is 0 Å². The fraction of sp³-hybridized carbons (Fsp3) is 0.211. The minimum atomic E-state index is -0.457. The van der Waals surface area contributed by atoms with Crippen LogP contribution in [0.5, 0.6) is 11.5 Å². The number of hydrogen-bond acceptors (Lipinski definition) is 5. The van der Waals surface area contributed by atoms with E-state index in [0.717, 1.165) is 0 Å². The Kier molecular flexibility index (Phi) is 6.73. The van der Waals surface area contributed by atoms with Gasteiger partial charge in [-0.05, 0) is 30.3 Å². The minimum Gasteiger partial charge on any atom is -0.496 e. The number of carbonyl (C=O) groups excluding carboxylic acids is 3. The molecule has 2 N–H and O–H groups in total. The number of esters is 1. The van der Waals surface area contributed by atoms with Gasteiger partial charge in [0.25, 0.3) is 11.8 Å². The quantitative estimate of drug-likeness (QED) is 0.448. The smallest absolute Gasteiger partial charge is 0.308 e. The highest BCUT2D eigenvalue weighted by Crippen LogP contribution is 2.16. The maximum Gasteiger partial charge on any atom is 0.308 e. The first-order chi connectivity index (χ1) is 12.5. The van der Waals surface area contributed by atoms with Crippen LogP contribution >= 0.6 is 0 Å². The summed E-state index contributed by atoms with van der Waals surface area (Å²) in [7, 11) is 1.50. The summed E-state index contributed by atoms with van der Waals surface area (Å²) < 4.78 is 10.1. The van der Waals surface area contributed by atoms with Crippen LogP contribution in [-0.2, 0) is 4.79 Å². The van der Waals surface area contributed by atoms with Crippen LogP contribution in [-0.4, -0.2) is 38.0 Å². The lowest BCUT2D eigenvalue weighted by Gasteiger charge is -2.10. The van der Waals surface area contributed by atoms with Crippen LogP contribution < -0.4 is 20.1 Å². The summed E-state index contributed by atoms with van der Waals surface area (Å²) in [6.07, 6.45) is 0. The number of carbonyl (C=O) groups is 3. The molecule has 0 aliphatic heterocycles. The Hall–Kier alpha value is -3.35. The first kappa shape index (κ1) is 19.0. The molecule has 2 aromatic rings. The van der Waals surface area contributed by atoms with Crippen LogP contribution in [0.2, 0.25) is 0 Å². The lowest BCUT2D eigenvalue weighted by atomic mass is 10.2. The molecule has 26 heavy (non-hydrogen) atoms. The Morgan fingerprint density at radius 3 is 2.31 bits per heavy atom. The molecule has 0 radical (unpaired) electrons. The second-order valence-corrected chi connectivity index (χ2v) is 5.33. The van der Waals surface area contributed by atoms with Crippen molar-refractivity contribution in [3.05, 3.63) is 59.7 Å². The van der Waals surface area contributed by atoms with Crippen molar-refractivity contribution < 1.29 is 23.9 Å². The standard InChI is InChI=1S/C19H20N2O5/c1-13(22)26-15-7-5-6-14(12-15)18(23)20-10-11-21-19(24)16-8-3-4-9-17(16)25-2/h3-9,12H,10-11H2,1-2H3,(H,20,23)(H,21,24). The van der Waals surface area contributed by atoms with Crippen LogP contribution in [0.15, 0.2) is 48.5 Å². The average molecular weight is 356 g/mol. The molecular weight excluding hydrogens is 336 g/mol. The normalized spacial score (nSPS) is 9.92. The van der Waals surface area contributed by atoms with Crippen molar-refractivity contribution >= 4 is 17.8 Å². The van der Waals surface area contributed by atoms with Crippen LogP contribution in [0.4, 0.5) is 0 Å². The molecule has 0 saturated heterocycles. The fourth-order valence-electron chi connectivity index (χ4n) is 2.25. The summed E-state index contributed by atoms with van der Waals surface area (Å²) in [6.45, 7) is 1.79. The van der Waals surface area contributed by atoms with E-state index in [1.54, 1.807) is 42.5 Å². The first-order valence-electron chi connectivity index (χ1n) is 7.99. The molecule has 2 rings (SSSR count). The Labute approximate surface area is 151 Å². The van der Waals surface area contributed by atoms with Gasteiger partial charge in [0, 0.05) is 25.6 Å². The average Bonchev–Trinajstić information content (AvgIpc) is 2.64. The molecular formula is C19H20N2O5. The highest BCUT2D eigenvalue weighted by molar-refractivity contribution is 5.97. The van der Waals surface area contributed by atoms with Gasteiger partial charge in [0.05, 0.1) is 12.7 Å². The predicted molar refractivity (Wildman–Crippen MR) is 95.4 cm³/mol. The van der Waals surface area contributed by atoms with E-state index in [-0.39, 0.29) is 24.9 Å². The van der Waals surface area contributed by atoms with Gasteiger partial charge >= 0.3 is 5.97 Å². The molecule has 0 saturated carbocycles. The SMILES string of the molecule is COc1ccccc1C(=O)NCCNC(=O)c1cccc(OC(C)=O)c1. The summed E-state index contributed by atoms with van der Waals surface area (Å²) in [4.78, 5) is 35.2. The van der Waals surface area contributed by atoms with Crippen molar-refractivity contribution in [3.63, 3.8) is 0 Å². The molecule has 0 aliphatic carbocycles. The molecule has 0 spiro atoms. The summed E-state index contributed by atoms with van der Waals surface area (Å²) >= 11 is 0. The number of para-hydroxylation sites is 1. The van der Waals surface area contributed by atoms with E-state index in [4.69, 9.17) is 9.47 Å². The summed E-state index contributed by atoms with van der Waals surface area (Å²) in [5.41, 5.74) is 0.787. The summed E-state index contributed by atoms with van der Waals surface area (Å²) in [5, 5.41) is 5.40. The van der Waals surface area contributed by atoms with Gasteiger partial charge in [0.2, 0.25) is 0 Å². The predicted octanol–water partition coefficient (Wildman–Crippen LogP) is 1.78. The Morgan fingerprint density at radius 2 is 1.62 bits per heavy atom. The molecule has 7 heteroatoms. The Balaban J connectivity index is 1.83. The molecule has 0 unspecified atom stereocenters. The van der Waals surface area contributed by atoms with Crippen molar-refractivity contribution in [2.45, 2.75) is 6.92 Å². The van der Waals surface area contributed by atoms with Gasteiger partial charge in [-0.15, -0.1) is 0 Å². The molecule has 0 bridgehead atoms. The number of methoxy groups -OCH3 is 1. The summed E-state index contributed by atoms with van der Waals surface area (Å²) in [6, 6.07) is 13.2. The maximum absolute atomic E-state index is 12.1. The molecule has 136 valence electrons.